The number of carbonyl (C=O) groups is 4. The lowest BCUT2D eigenvalue weighted by Gasteiger charge is -2.59. The minimum atomic E-state index is -0.621. The van der Waals surface area contributed by atoms with E-state index in [9.17, 15) is 19.2 Å². The zero-order valence-corrected chi connectivity index (χ0v) is 18.2. The highest BCUT2D eigenvalue weighted by molar-refractivity contribution is 6.24. The Morgan fingerprint density at radius 1 is 1.00 bits per heavy atom. The van der Waals surface area contributed by atoms with Crippen LogP contribution in [0.25, 0.3) is 0 Å². The van der Waals surface area contributed by atoms with Gasteiger partial charge in [0.2, 0.25) is 11.8 Å². The molecule has 2 unspecified atom stereocenters. The molecule has 5 aliphatic rings. The number of hydrogen-bond donors (Lipinski definition) is 1. The van der Waals surface area contributed by atoms with Gasteiger partial charge in [0.05, 0.1) is 5.41 Å². The number of nitrogens with zero attached hydrogens (tertiary/aromatic N) is 2. The summed E-state index contributed by atoms with van der Waals surface area (Å²) in [4.78, 5) is 51.6. The van der Waals surface area contributed by atoms with Gasteiger partial charge in [-0.2, -0.15) is 0 Å². The van der Waals surface area contributed by atoms with Gasteiger partial charge in [-0.05, 0) is 50.4 Å². The van der Waals surface area contributed by atoms with Gasteiger partial charge in [-0.15, -0.1) is 11.6 Å². The predicted molar refractivity (Wildman–Crippen MR) is 109 cm³/mol. The molecule has 0 aromatic rings. The molecule has 0 spiro atoms. The van der Waals surface area contributed by atoms with Crippen LogP contribution in [0.4, 0.5) is 0 Å². The highest BCUT2D eigenvalue weighted by atomic mass is 35.5. The van der Waals surface area contributed by atoms with Crippen molar-refractivity contribution >= 4 is 35.3 Å². The molecular weight excluding hydrogens is 410 g/mol. The zero-order valence-electron chi connectivity index (χ0n) is 17.5. The molecule has 0 aromatic carbocycles. The van der Waals surface area contributed by atoms with Crippen molar-refractivity contribution in [3.63, 3.8) is 0 Å². The summed E-state index contributed by atoms with van der Waals surface area (Å²) in [5.74, 6) is -0.0221. The molecular formula is C21H30ClN3O5. The summed E-state index contributed by atoms with van der Waals surface area (Å²) < 4.78 is 5.07. The van der Waals surface area contributed by atoms with Crippen LogP contribution in [0.1, 0.15) is 45.4 Å². The van der Waals surface area contributed by atoms with Gasteiger partial charge in [0.25, 0.3) is 5.91 Å². The van der Waals surface area contributed by atoms with E-state index in [4.69, 9.17) is 16.3 Å². The molecule has 1 saturated heterocycles. The third-order valence-corrected chi connectivity index (χ3v) is 7.74. The number of nitrogens with one attached hydrogen (secondary N) is 1. The van der Waals surface area contributed by atoms with Crippen LogP contribution in [0.2, 0.25) is 0 Å². The first-order chi connectivity index (χ1) is 14.2. The van der Waals surface area contributed by atoms with Crippen molar-refractivity contribution in [1.82, 2.24) is 15.1 Å². The molecule has 3 amide bonds. The molecule has 30 heavy (non-hydrogen) atoms. The van der Waals surface area contributed by atoms with Crippen LogP contribution >= 0.6 is 11.6 Å². The van der Waals surface area contributed by atoms with E-state index >= 15 is 0 Å². The number of halogens is 1. The number of rotatable bonds is 5. The monoisotopic (exact) mass is 439 g/mol. The lowest BCUT2D eigenvalue weighted by molar-refractivity contribution is -0.154. The fraction of sp³-hybridized carbons (Fsp3) is 0.810. The molecule has 4 saturated carbocycles. The largest absolute Gasteiger partial charge is 0.454 e. The molecule has 9 heteroatoms. The van der Waals surface area contributed by atoms with Gasteiger partial charge in [0, 0.05) is 38.0 Å². The van der Waals surface area contributed by atoms with Gasteiger partial charge >= 0.3 is 5.97 Å². The van der Waals surface area contributed by atoms with Crippen molar-refractivity contribution in [3.8, 4) is 0 Å². The van der Waals surface area contributed by atoms with Crippen molar-refractivity contribution in [2.24, 2.45) is 17.3 Å². The molecule has 1 heterocycles. The minimum Gasteiger partial charge on any atom is -0.454 e. The molecule has 1 aliphatic heterocycles. The fourth-order valence-corrected chi connectivity index (χ4v) is 7.00. The van der Waals surface area contributed by atoms with E-state index in [1.807, 2.05) is 0 Å². The Bertz CT molecular complexity index is 735. The normalized spacial score (nSPS) is 34.6. The zero-order chi connectivity index (χ0) is 21.5. The van der Waals surface area contributed by atoms with E-state index in [0.717, 1.165) is 32.1 Å². The first-order valence-corrected chi connectivity index (χ1v) is 11.2. The number of esters is 1. The summed E-state index contributed by atoms with van der Waals surface area (Å²) in [5, 5.41) is 2.74. The Morgan fingerprint density at radius 2 is 1.60 bits per heavy atom. The molecule has 8 nitrogen and oxygen atoms in total. The van der Waals surface area contributed by atoms with Gasteiger partial charge in [-0.25, -0.2) is 0 Å². The Morgan fingerprint density at radius 3 is 2.17 bits per heavy atom. The second kappa shape index (κ2) is 8.02. The topological polar surface area (TPSA) is 96.0 Å². The number of amides is 3. The Kier molecular flexibility index (Phi) is 5.72. The fourth-order valence-electron chi connectivity index (χ4n) is 6.31. The number of carbonyl (C=O) groups excluding carboxylic acids is 4. The van der Waals surface area contributed by atoms with Crippen molar-refractivity contribution in [2.75, 3.05) is 39.3 Å². The van der Waals surface area contributed by atoms with Crippen molar-refractivity contribution in [3.05, 3.63) is 0 Å². The summed E-state index contributed by atoms with van der Waals surface area (Å²) in [6.07, 6.45) is 5.53. The van der Waals surface area contributed by atoms with Gasteiger partial charge in [0.1, 0.15) is 6.54 Å². The Labute approximate surface area is 181 Å². The quantitative estimate of drug-likeness (QED) is 0.507. The van der Waals surface area contributed by atoms with Crippen LogP contribution in [0, 0.1) is 17.3 Å². The highest BCUT2D eigenvalue weighted by Gasteiger charge is 2.60. The van der Waals surface area contributed by atoms with Crippen LogP contribution in [-0.2, 0) is 23.9 Å². The molecule has 5 fully saturated rings. The maximum atomic E-state index is 12.9. The molecule has 166 valence electrons. The minimum absolute atomic E-state index is 0.0108. The third-order valence-electron chi connectivity index (χ3n) is 7.30. The molecule has 2 atom stereocenters. The molecule has 4 bridgehead atoms. The van der Waals surface area contributed by atoms with E-state index in [1.54, 1.807) is 9.80 Å². The second-order valence-electron chi connectivity index (χ2n) is 9.62. The summed E-state index contributed by atoms with van der Waals surface area (Å²) in [5.41, 5.74) is -0.460. The Hall–Kier alpha value is -1.83. The number of piperazine rings is 1. The van der Waals surface area contributed by atoms with Crippen LogP contribution < -0.4 is 5.32 Å². The molecule has 4 aliphatic carbocycles. The van der Waals surface area contributed by atoms with Crippen LogP contribution in [0.15, 0.2) is 0 Å². The van der Waals surface area contributed by atoms with E-state index in [0.29, 0.717) is 44.4 Å². The number of hydrogen-bond acceptors (Lipinski definition) is 5. The summed E-state index contributed by atoms with van der Waals surface area (Å²) in [6.45, 7) is 2.74. The van der Waals surface area contributed by atoms with E-state index in [1.165, 1.54) is 6.92 Å². The summed E-state index contributed by atoms with van der Waals surface area (Å²) in [6, 6.07) is 0. The Balaban J connectivity index is 1.20. The smallest absolute Gasteiger partial charge is 0.325 e. The SMILES string of the molecule is CC(=O)N1CCN(C(=O)COC(=O)CNC(=O)C23CC4CC(CC(Cl)(C4)C2)C3)CC1. The van der Waals surface area contributed by atoms with Gasteiger partial charge < -0.3 is 19.9 Å². The van der Waals surface area contributed by atoms with Crippen molar-refractivity contribution < 1.29 is 23.9 Å². The number of ether oxygens (including phenoxy) is 1. The maximum absolute atomic E-state index is 12.9. The molecule has 1 N–H and O–H groups in total. The van der Waals surface area contributed by atoms with Gasteiger partial charge in [-0.3, -0.25) is 19.2 Å². The van der Waals surface area contributed by atoms with Crippen molar-refractivity contribution in [2.45, 2.75) is 50.3 Å². The average molecular weight is 440 g/mol. The van der Waals surface area contributed by atoms with Gasteiger partial charge in [-0.1, -0.05) is 0 Å². The summed E-state index contributed by atoms with van der Waals surface area (Å²) >= 11 is 6.78. The second-order valence-corrected chi connectivity index (χ2v) is 10.4. The first-order valence-electron chi connectivity index (χ1n) is 10.8. The third kappa shape index (κ3) is 4.29. The van der Waals surface area contributed by atoms with E-state index in [-0.39, 0.29) is 35.7 Å². The number of alkyl halides is 1. The van der Waals surface area contributed by atoms with E-state index in [2.05, 4.69) is 5.32 Å². The molecule has 5 rings (SSSR count). The summed E-state index contributed by atoms with van der Waals surface area (Å²) in [7, 11) is 0. The van der Waals surface area contributed by atoms with Crippen LogP contribution in [-0.4, -0.2) is 77.7 Å². The lowest BCUT2D eigenvalue weighted by atomic mass is 9.49. The standard InChI is InChI=1S/C21H30ClN3O5/c1-14(26)24-2-4-25(5-3-24)17(27)12-30-18(28)11-23-19(29)20-7-15-6-16(8-20)10-21(22,9-15)13-20/h15-16H,2-13H2,1H3,(H,23,29). The molecule has 0 radical (unpaired) electrons. The van der Waals surface area contributed by atoms with Gasteiger partial charge in [0.15, 0.2) is 6.61 Å². The van der Waals surface area contributed by atoms with Crippen LogP contribution in [0.5, 0.6) is 0 Å². The van der Waals surface area contributed by atoms with Crippen LogP contribution in [0.3, 0.4) is 0 Å². The predicted octanol–water partition coefficient (Wildman–Crippen LogP) is 0.914. The highest BCUT2D eigenvalue weighted by Crippen LogP contribution is 2.63. The van der Waals surface area contributed by atoms with E-state index < -0.39 is 11.4 Å². The average Bonchev–Trinajstić information content (AvgIpc) is 2.68. The lowest BCUT2D eigenvalue weighted by Crippen LogP contribution is -2.58. The van der Waals surface area contributed by atoms with Crippen molar-refractivity contribution in [1.29, 1.82) is 0 Å². The first kappa shape index (κ1) is 21.4. The maximum Gasteiger partial charge on any atom is 0.325 e. The molecule has 0 aromatic heterocycles.